The minimum atomic E-state index is -0.726. The third-order valence-electron chi connectivity index (χ3n) is 4.53. The minimum Gasteiger partial charge on any atom is -0.481 e. The van der Waals surface area contributed by atoms with Crippen LogP contribution in [0.3, 0.4) is 0 Å². The fourth-order valence-corrected chi connectivity index (χ4v) is 3.58. The molecular formula is C15H22N2O2. The molecule has 1 aliphatic carbocycles. The SMILES string of the molecule is O=C(O)CCc1nc(C2CCCC2)c2n1CCCC2. The standard InChI is InChI=1S/C15H22N2O2/c18-14(19)9-8-13-16-15(11-5-1-2-6-11)12-7-3-4-10-17(12)13/h11H,1-10H2,(H,18,19). The number of aryl methyl sites for hydroxylation is 1. The molecule has 1 fully saturated rings. The monoisotopic (exact) mass is 262 g/mol. The number of carboxylic acid groups (broad SMARTS) is 1. The van der Waals surface area contributed by atoms with Gasteiger partial charge in [0.1, 0.15) is 5.82 Å². The third kappa shape index (κ3) is 2.53. The van der Waals surface area contributed by atoms with E-state index in [4.69, 9.17) is 10.1 Å². The summed E-state index contributed by atoms with van der Waals surface area (Å²) in [5, 5.41) is 8.86. The molecule has 19 heavy (non-hydrogen) atoms. The number of rotatable bonds is 4. The first kappa shape index (κ1) is 12.7. The minimum absolute atomic E-state index is 0.195. The van der Waals surface area contributed by atoms with E-state index in [9.17, 15) is 4.79 Å². The summed E-state index contributed by atoms with van der Waals surface area (Å²) in [6.07, 6.45) is 9.53. The molecule has 0 spiro atoms. The lowest BCUT2D eigenvalue weighted by Crippen LogP contribution is -2.14. The first-order valence-corrected chi connectivity index (χ1v) is 7.55. The van der Waals surface area contributed by atoms with Crippen LogP contribution in [0.4, 0.5) is 0 Å². The summed E-state index contributed by atoms with van der Waals surface area (Å²) in [7, 11) is 0. The number of aliphatic carboxylic acids is 1. The Morgan fingerprint density at radius 2 is 2.05 bits per heavy atom. The predicted molar refractivity (Wildman–Crippen MR) is 72.3 cm³/mol. The van der Waals surface area contributed by atoms with Gasteiger partial charge in [-0.3, -0.25) is 4.79 Å². The van der Waals surface area contributed by atoms with E-state index in [1.54, 1.807) is 0 Å². The maximum absolute atomic E-state index is 10.8. The number of imidazole rings is 1. The summed E-state index contributed by atoms with van der Waals surface area (Å²) in [4.78, 5) is 15.6. The van der Waals surface area contributed by atoms with Crippen LogP contribution < -0.4 is 0 Å². The topological polar surface area (TPSA) is 55.1 Å². The van der Waals surface area contributed by atoms with Crippen LogP contribution in [0.5, 0.6) is 0 Å². The molecule has 1 aromatic rings. The van der Waals surface area contributed by atoms with Crippen molar-refractivity contribution in [3.05, 3.63) is 17.2 Å². The lowest BCUT2D eigenvalue weighted by atomic mass is 9.98. The molecule has 1 aliphatic heterocycles. The van der Waals surface area contributed by atoms with Crippen LogP contribution in [0, 0.1) is 0 Å². The van der Waals surface area contributed by atoms with Gasteiger partial charge in [0.25, 0.3) is 0 Å². The summed E-state index contributed by atoms with van der Waals surface area (Å²) in [6, 6.07) is 0. The molecule has 0 aromatic carbocycles. The van der Waals surface area contributed by atoms with E-state index in [0.29, 0.717) is 12.3 Å². The van der Waals surface area contributed by atoms with Gasteiger partial charge in [0.05, 0.1) is 12.1 Å². The Morgan fingerprint density at radius 1 is 1.26 bits per heavy atom. The lowest BCUT2D eigenvalue weighted by molar-refractivity contribution is -0.137. The van der Waals surface area contributed by atoms with Crippen molar-refractivity contribution in [2.45, 2.75) is 70.3 Å². The molecule has 0 unspecified atom stereocenters. The molecule has 1 aromatic heterocycles. The van der Waals surface area contributed by atoms with Crippen molar-refractivity contribution >= 4 is 5.97 Å². The van der Waals surface area contributed by atoms with E-state index >= 15 is 0 Å². The second kappa shape index (κ2) is 5.35. The third-order valence-corrected chi connectivity index (χ3v) is 4.53. The summed E-state index contributed by atoms with van der Waals surface area (Å²) in [5.74, 6) is 0.924. The molecule has 1 N–H and O–H groups in total. The average Bonchev–Trinajstić information content (AvgIpc) is 3.03. The molecule has 4 heteroatoms. The highest BCUT2D eigenvalue weighted by atomic mass is 16.4. The van der Waals surface area contributed by atoms with Crippen molar-refractivity contribution in [3.8, 4) is 0 Å². The van der Waals surface area contributed by atoms with Crippen molar-refractivity contribution in [2.75, 3.05) is 0 Å². The predicted octanol–water partition coefficient (Wildman–Crippen LogP) is 2.89. The highest BCUT2D eigenvalue weighted by Crippen LogP contribution is 2.37. The van der Waals surface area contributed by atoms with Crippen LogP contribution in [0.1, 0.15) is 68.1 Å². The molecule has 1 saturated carbocycles. The average molecular weight is 262 g/mol. The van der Waals surface area contributed by atoms with Crippen molar-refractivity contribution in [1.82, 2.24) is 9.55 Å². The van der Waals surface area contributed by atoms with Gasteiger partial charge in [0, 0.05) is 24.6 Å². The number of hydrogen-bond acceptors (Lipinski definition) is 2. The van der Waals surface area contributed by atoms with Gasteiger partial charge >= 0.3 is 5.97 Å². The summed E-state index contributed by atoms with van der Waals surface area (Å²) in [6.45, 7) is 1.03. The molecule has 4 nitrogen and oxygen atoms in total. The van der Waals surface area contributed by atoms with Crippen LogP contribution >= 0.6 is 0 Å². The lowest BCUT2D eigenvalue weighted by Gasteiger charge is -2.18. The largest absolute Gasteiger partial charge is 0.481 e. The van der Waals surface area contributed by atoms with E-state index in [-0.39, 0.29) is 6.42 Å². The molecule has 0 atom stereocenters. The molecular weight excluding hydrogens is 240 g/mol. The highest BCUT2D eigenvalue weighted by molar-refractivity contribution is 5.66. The molecule has 0 radical (unpaired) electrons. The molecule has 0 amide bonds. The zero-order valence-corrected chi connectivity index (χ0v) is 11.4. The van der Waals surface area contributed by atoms with Gasteiger partial charge in [-0.25, -0.2) is 4.98 Å². The van der Waals surface area contributed by atoms with Crippen LogP contribution in [0.15, 0.2) is 0 Å². The Hall–Kier alpha value is -1.32. The summed E-state index contributed by atoms with van der Waals surface area (Å²) < 4.78 is 2.32. The smallest absolute Gasteiger partial charge is 0.303 e. The Bertz CT molecular complexity index is 473. The van der Waals surface area contributed by atoms with E-state index in [2.05, 4.69) is 4.57 Å². The van der Waals surface area contributed by atoms with Gasteiger partial charge < -0.3 is 9.67 Å². The normalized spacial score (nSPS) is 19.6. The van der Waals surface area contributed by atoms with E-state index in [0.717, 1.165) is 18.8 Å². The van der Waals surface area contributed by atoms with Gasteiger partial charge in [0.15, 0.2) is 0 Å². The fourth-order valence-electron chi connectivity index (χ4n) is 3.58. The molecule has 0 saturated heterocycles. The maximum atomic E-state index is 10.8. The highest BCUT2D eigenvalue weighted by Gasteiger charge is 2.27. The summed E-state index contributed by atoms with van der Waals surface area (Å²) >= 11 is 0. The number of carboxylic acids is 1. The quantitative estimate of drug-likeness (QED) is 0.907. The van der Waals surface area contributed by atoms with Crippen molar-refractivity contribution in [1.29, 1.82) is 0 Å². The first-order chi connectivity index (χ1) is 9.25. The van der Waals surface area contributed by atoms with Crippen molar-refractivity contribution in [2.24, 2.45) is 0 Å². The Balaban J connectivity index is 1.88. The Kier molecular flexibility index (Phi) is 3.58. The molecule has 0 bridgehead atoms. The van der Waals surface area contributed by atoms with E-state index in [1.165, 1.54) is 49.9 Å². The number of nitrogens with zero attached hydrogens (tertiary/aromatic N) is 2. The van der Waals surface area contributed by atoms with Crippen LogP contribution in [0.25, 0.3) is 0 Å². The second-order valence-electron chi connectivity index (χ2n) is 5.84. The first-order valence-electron chi connectivity index (χ1n) is 7.55. The van der Waals surface area contributed by atoms with Crippen LogP contribution in [-0.2, 0) is 24.2 Å². The number of hydrogen-bond donors (Lipinski definition) is 1. The molecule has 2 heterocycles. The van der Waals surface area contributed by atoms with Gasteiger partial charge in [-0.05, 0) is 32.1 Å². The van der Waals surface area contributed by atoms with Crippen LogP contribution in [0.2, 0.25) is 0 Å². The molecule has 3 rings (SSSR count). The van der Waals surface area contributed by atoms with Crippen molar-refractivity contribution in [3.63, 3.8) is 0 Å². The zero-order valence-electron chi connectivity index (χ0n) is 11.4. The van der Waals surface area contributed by atoms with Gasteiger partial charge in [-0.2, -0.15) is 0 Å². The van der Waals surface area contributed by atoms with Gasteiger partial charge in [-0.15, -0.1) is 0 Å². The zero-order chi connectivity index (χ0) is 13.2. The van der Waals surface area contributed by atoms with E-state index < -0.39 is 5.97 Å². The molecule has 2 aliphatic rings. The van der Waals surface area contributed by atoms with E-state index in [1.807, 2.05) is 0 Å². The fraction of sp³-hybridized carbons (Fsp3) is 0.733. The number of carbonyl (C=O) groups is 1. The van der Waals surface area contributed by atoms with Crippen molar-refractivity contribution < 1.29 is 9.90 Å². The summed E-state index contributed by atoms with van der Waals surface area (Å²) in [5.41, 5.74) is 2.72. The van der Waals surface area contributed by atoms with Gasteiger partial charge in [-0.1, -0.05) is 12.8 Å². The Labute approximate surface area is 113 Å². The molecule has 104 valence electrons. The second-order valence-corrected chi connectivity index (χ2v) is 5.84. The van der Waals surface area contributed by atoms with Crippen LogP contribution in [-0.4, -0.2) is 20.6 Å². The van der Waals surface area contributed by atoms with Gasteiger partial charge in [0.2, 0.25) is 0 Å². The maximum Gasteiger partial charge on any atom is 0.303 e. The number of fused-ring (bicyclic) bond motifs is 1. The Morgan fingerprint density at radius 3 is 2.79 bits per heavy atom. The number of aromatic nitrogens is 2.